The molecule has 1 saturated carbocycles. The molecular formula is C28H32ClF4N5O5. The molecule has 2 amide bonds. The monoisotopic (exact) mass is 629 g/mol. The van der Waals surface area contributed by atoms with Crippen LogP contribution in [0.15, 0.2) is 12.1 Å². The number of carboxylic acid groups (broad SMARTS) is 1. The fraction of sp³-hybridized carbons (Fsp3) is 0.607. The van der Waals surface area contributed by atoms with Crippen LogP contribution in [0.4, 0.5) is 17.6 Å². The lowest BCUT2D eigenvalue weighted by molar-refractivity contribution is -0.162. The van der Waals surface area contributed by atoms with E-state index >= 15 is 0 Å². The second-order valence-corrected chi connectivity index (χ2v) is 11.8. The summed E-state index contributed by atoms with van der Waals surface area (Å²) in [6.45, 7) is -1.49. The van der Waals surface area contributed by atoms with Gasteiger partial charge in [-0.05, 0) is 50.3 Å². The summed E-state index contributed by atoms with van der Waals surface area (Å²) in [4.78, 5) is 42.4. The summed E-state index contributed by atoms with van der Waals surface area (Å²) in [6.07, 6.45) is 0.244. The maximum atomic E-state index is 14.2. The lowest BCUT2D eigenvalue weighted by Gasteiger charge is -2.45. The van der Waals surface area contributed by atoms with E-state index < -0.39 is 54.3 Å². The predicted octanol–water partition coefficient (Wildman–Crippen LogP) is 5.17. The van der Waals surface area contributed by atoms with Crippen LogP contribution in [0.5, 0.6) is 5.75 Å². The third-order valence-electron chi connectivity index (χ3n) is 8.89. The molecule has 43 heavy (non-hydrogen) atoms. The predicted molar refractivity (Wildman–Crippen MR) is 144 cm³/mol. The highest BCUT2D eigenvalue weighted by Gasteiger charge is 2.50. The molecule has 1 aromatic heterocycles. The van der Waals surface area contributed by atoms with E-state index in [1.807, 2.05) is 0 Å². The van der Waals surface area contributed by atoms with Crippen molar-refractivity contribution < 1.29 is 41.8 Å². The first kappa shape index (κ1) is 31.0. The van der Waals surface area contributed by atoms with Crippen molar-refractivity contribution in [2.75, 3.05) is 19.6 Å². The smallest absolute Gasteiger partial charge is 0.348 e. The quantitative estimate of drug-likeness (QED) is 0.380. The van der Waals surface area contributed by atoms with E-state index in [0.717, 1.165) is 0 Å². The highest BCUT2D eigenvalue weighted by molar-refractivity contribution is 6.31. The molecule has 3 aliphatic rings. The van der Waals surface area contributed by atoms with Gasteiger partial charge in [0.25, 0.3) is 6.43 Å². The fourth-order valence-electron chi connectivity index (χ4n) is 6.52. The molecule has 0 radical (unpaired) electrons. The Bertz CT molecular complexity index is 1410. The molecule has 2 aliphatic heterocycles. The standard InChI is InChI=1S/C28H32ClF4N5O5/c1-28(26(41)42)10-3-2-5-16(28)25(40)37-12-9-15-17(29)7-8-20(22(15)19(37)13-36-11-4-6-21(36)39)43-14-18-23(24(30)31)35-38(34-18)27(32)33/h7-8,16,19,24,27H,2-6,9-14H2,1H3,(H,41,42)/t16-,19+,28-/m0/s1. The Balaban J connectivity index is 1.53. The minimum Gasteiger partial charge on any atom is -0.487 e. The molecule has 3 heterocycles. The number of amides is 2. The van der Waals surface area contributed by atoms with Gasteiger partial charge in [-0.25, -0.2) is 8.78 Å². The van der Waals surface area contributed by atoms with Gasteiger partial charge in [-0.1, -0.05) is 24.4 Å². The van der Waals surface area contributed by atoms with Crippen molar-refractivity contribution in [3.05, 3.63) is 39.7 Å². The average Bonchev–Trinajstić information content (AvgIpc) is 3.59. The van der Waals surface area contributed by atoms with Crippen LogP contribution in [-0.4, -0.2) is 67.3 Å². The maximum absolute atomic E-state index is 14.2. The van der Waals surface area contributed by atoms with Crippen molar-refractivity contribution in [2.24, 2.45) is 11.3 Å². The first-order valence-corrected chi connectivity index (χ1v) is 14.6. The van der Waals surface area contributed by atoms with Crippen LogP contribution in [0.25, 0.3) is 0 Å². The zero-order chi connectivity index (χ0) is 31.1. The van der Waals surface area contributed by atoms with Gasteiger partial charge in [0, 0.05) is 36.6 Å². The zero-order valence-corrected chi connectivity index (χ0v) is 24.2. The van der Waals surface area contributed by atoms with E-state index in [1.54, 1.807) is 22.8 Å². The SMILES string of the molecule is C[C@]1(C(=O)O)CCCC[C@H]1C(=O)N1CCc2c(Cl)ccc(OCc3nn(C(F)F)nc3C(F)F)c2[C@H]1CN1CCCC1=O. The van der Waals surface area contributed by atoms with Crippen molar-refractivity contribution in [2.45, 2.75) is 77.5 Å². The van der Waals surface area contributed by atoms with Crippen molar-refractivity contribution in [3.63, 3.8) is 0 Å². The number of fused-ring (bicyclic) bond motifs is 1. The number of hydrogen-bond donors (Lipinski definition) is 1. The molecule has 0 bridgehead atoms. The molecule has 1 saturated heterocycles. The van der Waals surface area contributed by atoms with Gasteiger partial charge in [-0.2, -0.15) is 8.78 Å². The summed E-state index contributed by atoms with van der Waals surface area (Å²) in [5.74, 6) is -2.13. The van der Waals surface area contributed by atoms with E-state index in [-0.39, 0.29) is 35.4 Å². The number of likely N-dealkylation sites (tertiary alicyclic amines) is 1. The summed E-state index contributed by atoms with van der Waals surface area (Å²) >= 11 is 6.58. The zero-order valence-electron chi connectivity index (χ0n) is 23.4. The number of carbonyl (C=O) groups is 3. The molecule has 5 rings (SSSR count). The average molecular weight is 630 g/mol. The second kappa shape index (κ2) is 12.3. The molecule has 234 valence electrons. The summed E-state index contributed by atoms with van der Waals surface area (Å²) in [5.41, 5.74) is -1.59. The Morgan fingerprint density at radius 3 is 2.56 bits per heavy atom. The van der Waals surface area contributed by atoms with Crippen molar-refractivity contribution in [3.8, 4) is 5.75 Å². The molecule has 15 heteroatoms. The third kappa shape index (κ3) is 5.89. The Kier molecular flexibility index (Phi) is 8.87. The first-order valence-electron chi connectivity index (χ1n) is 14.2. The number of benzene rings is 1. The van der Waals surface area contributed by atoms with E-state index in [9.17, 15) is 37.1 Å². The fourth-order valence-corrected chi connectivity index (χ4v) is 6.78. The Morgan fingerprint density at radius 1 is 1.14 bits per heavy atom. The minimum absolute atomic E-state index is 0.0919. The molecule has 0 spiro atoms. The molecule has 3 atom stereocenters. The van der Waals surface area contributed by atoms with Gasteiger partial charge >= 0.3 is 12.5 Å². The Hall–Kier alpha value is -3.42. The molecule has 1 aliphatic carbocycles. The van der Waals surface area contributed by atoms with Crippen LogP contribution >= 0.6 is 11.6 Å². The van der Waals surface area contributed by atoms with Crippen molar-refractivity contribution in [1.82, 2.24) is 24.8 Å². The van der Waals surface area contributed by atoms with Crippen LogP contribution in [0.3, 0.4) is 0 Å². The van der Waals surface area contributed by atoms with Crippen molar-refractivity contribution in [1.29, 1.82) is 0 Å². The molecule has 1 N–H and O–H groups in total. The number of ether oxygens (including phenoxy) is 1. The molecular weight excluding hydrogens is 598 g/mol. The van der Waals surface area contributed by atoms with Gasteiger partial charge in [0.1, 0.15) is 18.1 Å². The largest absolute Gasteiger partial charge is 0.487 e. The van der Waals surface area contributed by atoms with E-state index in [1.165, 1.54) is 6.07 Å². The Morgan fingerprint density at radius 2 is 1.91 bits per heavy atom. The van der Waals surface area contributed by atoms with E-state index in [4.69, 9.17) is 16.3 Å². The Labute approximate surface area is 249 Å². The van der Waals surface area contributed by atoms with E-state index in [2.05, 4.69) is 10.2 Å². The lowest BCUT2D eigenvalue weighted by atomic mass is 9.66. The number of nitrogens with zero attached hydrogens (tertiary/aromatic N) is 5. The highest BCUT2D eigenvalue weighted by Crippen LogP contribution is 2.46. The summed E-state index contributed by atoms with van der Waals surface area (Å²) in [7, 11) is 0. The normalized spacial score (nSPS) is 24.1. The number of hydrogen-bond acceptors (Lipinski definition) is 6. The summed E-state index contributed by atoms with van der Waals surface area (Å²) in [5, 5.41) is 17.1. The summed E-state index contributed by atoms with van der Waals surface area (Å²) in [6, 6.07) is 2.27. The van der Waals surface area contributed by atoms with Gasteiger partial charge in [0.2, 0.25) is 11.8 Å². The molecule has 10 nitrogen and oxygen atoms in total. The van der Waals surface area contributed by atoms with Crippen LogP contribution in [0.1, 0.15) is 87.0 Å². The van der Waals surface area contributed by atoms with Crippen LogP contribution in [0, 0.1) is 11.3 Å². The van der Waals surface area contributed by atoms with Crippen molar-refractivity contribution >= 4 is 29.4 Å². The van der Waals surface area contributed by atoms with Gasteiger partial charge in [0.15, 0.2) is 5.69 Å². The number of aromatic nitrogens is 3. The van der Waals surface area contributed by atoms with Gasteiger partial charge in [-0.3, -0.25) is 14.4 Å². The molecule has 2 fully saturated rings. The first-order chi connectivity index (χ1) is 20.4. The topological polar surface area (TPSA) is 118 Å². The molecule has 1 aromatic carbocycles. The third-order valence-corrected chi connectivity index (χ3v) is 9.24. The number of carboxylic acids is 1. The molecule has 0 unspecified atom stereocenters. The molecule has 2 aromatic rings. The van der Waals surface area contributed by atoms with Gasteiger partial charge in [0.05, 0.1) is 17.4 Å². The minimum atomic E-state index is -3.23. The number of alkyl halides is 4. The van der Waals surface area contributed by atoms with Crippen LogP contribution in [-0.2, 0) is 27.4 Å². The number of halogens is 5. The second-order valence-electron chi connectivity index (χ2n) is 11.4. The number of rotatable bonds is 9. The highest BCUT2D eigenvalue weighted by atomic mass is 35.5. The van der Waals surface area contributed by atoms with Gasteiger partial charge in [-0.15, -0.1) is 15.0 Å². The van der Waals surface area contributed by atoms with Crippen LogP contribution in [0.2, 0.25) is 5.02 Å². The van der Waals surface area contributed by atoms with Crippen LogP contribution < -0.4 is 4.74 Å². The van der Waals surface area contributed by atoms with E-state index in [0.29, 0.717) is 67.6 Å². The van der Waals surface area contributed by atoms with Gasteiger partial charge < -0.3 is 19.6 Å². The number of aliphatic carboxylic acids is 1. The summed E-state index contributed by atoms with van der Waals surface area (Å²) < 4.78 is 59.3. The maximum Gasteiger partial charge on any atom is 0.348 e. The number of carbonyl (C=O) groups excluding carboxylic acids is 2. The lowest BCUT2D eigenvalue weighted by Crippen LogP contribution is -2.52.